The van der Waals surface area contributed by atoms with E-state index in [-0.39, 0.29) is 5.82 Å². The summed E-state index contributed by atoms with van der Waals surface area (Å²) in [6.07, 6.45) is 1.54. The molecular weight excluding hydrogens is 260 g/mol. The summed E-state index contributed by atoms with van der Waals surface area (Å²) >= 11 is 16.8. The predicted molar refractivity (Wildman–Crippen MR) is 58.5 cm³/mol. The first-order valence-corrected chi connectivity index (χ1v) is 5.04. The van der Waals surface area contributed by atoms with Crippen molar-refractivity contribution < 1.29 is 0 Å². The monoisotopic (exact) mass is 263 g/mol. The lowest BCUT2D eigenvalue weighted by atomic mass is 10.4. The second-order valence-electron chi connectivity index (χ2n) is 2.76. The van der Waals surface area contributed by atoms with Crippen molar-refractivity contribution in [1.82, 2.24) is 14.4 Å². The van der Waals surface area contributed by atoms with Crippen molar-refractivity contribution in [2.24, 2.45) is 0 Å². The van der Waals surface area contributed by atoms with E-state index in [1.807, 2.05) is 0 Å². The first kappa shape index (κ1) is 10.7. The third kappa shape index (κ3) is 2.07. The van der Waals surface area contributed by atoms with E-state index in [4.69, 9.17) is 34.8 Å². The van der Waals surface area contributed by atoms with Gasteiger partial charge < -0.3 is 0 Å². The summed E-state index contributed by atoms with van der Waals surface area (Å²) in [4.78, 5) is 19.0. The van der Waals surface area contributed by atoms with Crippen LogP contribution in [-0.4, -0.2) is 14.4 Å². The normalized spacial score (nSPS) is 11.9. The Morgan fingerprint density at radius 3 is 2.60 bits per heavy atom. The molecule has 0 aromatic carbocycles. The SMILES string of the molecule is O=c1nc(C(Cl)(Cl)Cl)nc2ccccn12. The molecule has 2 heterocycles. The summed E-state index contributed by atoms with van der Waals surface area (Å²) in [5.74, 6) is -0.122. The fourth-order valence-corrected chi connectivity index (χ4v) is 1.35. The van der Waals surface area contributed by atoms with Crippen LogP contribution < -0.4 is 5.69 Å². The fraction of sp³-hybridized carbons (Fsp3) is 0.125. The van der Waals surface area contributed by atoms with E-state index >= 15 is 0 Å². The second kappa shape index (κ2) is 3.63. The van der Waals surface area contributed by atoms with Crippen molar-refractivity contribution in [1.29, 1.82) is 0 Å². The summed E-state index contributed by atoms with van der Waals surface area (Å²) in [7, 11) is 0. The van der Waals surface area contributed by atoms with Crippen molar-refractivity contribution in [2.75, 3.05) is 0 Å². The van der Waals surface area contributed by atoms with Crippen molar-refractivity contribution in [3.8, 4) is 0 Å². The molecule has 0 amide bonds. The van der Waals surface area contributed by atoms with Crippen LogP contribution in [0.5, 0.6) is 0 Å². The average Bonchev–Trinajstić information content (AvgIpc) is 2.16. The van der Waals surface area contributed by atoms with Crippen LogP contribution in [0.2, 0.25) is 0 Å². The highest BCUT2D eigenvalue weighted by Gasteiger charge is 2.27. The van der Waals surface area contributed by atoms with Gasteiger partial charge in [0.15, 0.2) is 5.82 Å². The fourth-order valence-electron chi connectivity index (χ4n) is 1.09. The Labute approximate surface area is 99.4 Å². The van der Waals surface area contributed by atoms with Crippen LogP contribution in [0, 0.1) is 0 Å². The highest BCUT2D eigenvalue weighted by molar-refractivity contribution is 6.66. The van der Waals surface area contributed by atoms with E-state index in [0.717, 1.165) is 0 Å². The number of hydrogen-bond donors (Lipinski definition) is 0. The lowest BCUT2D eigenvalue weighted by Gasteiger charge is -2.08. The Bertz CT molecular complexity index is 561. The smallest absolute Gasteiger partial charge is 0.251 e. The maximum Gasteiger partial charge on any atom is 0.355 e. The molecule has 0 saturated heterocycles. The first-order valence-electron chi connectivity index (χ1n) is 3.91. The quantitative estimate of drug-likeness (QED) is 0.683. The Kier molecular flexibility index (Phi) is 2.58. The zero-order valence-electron chi connectivity index (χ0n) is 7.19. The predicted octanol–water partition coefficient (Wildman–Crippen LogP) is 1.92. The summed E-state index contributed by atoms with van der Waals surface area (Å²) in [6, 6.07) is 5.04. The molecule has 2 rings (SSSR count). The number of pyridine rings is 1. The number of halogens is 3. The molecule has 78 valence electrons. The number of aromatic nitrogens is 3. The molecule has 0 spiro atoms. The van der Waals surface area contributed by atoms with Gasteiger partial charge >= 0.3 is 5.69 Å². The van der Waals surface area contributed by atoms with Gasteiger partial charge in [0.05, 0.1) is 0 Å². The molecule has 2 aromatic rings. The Balaban J connectivity index is 2.79. The van der Waals surface area contributed by atoms with Crippen LogP contribution in [0.4, 0.5) is 0 Å². The largest absolute Gasteiger partial charge is 0.355 e. The minimum absolute atomic E-state index is 0.122. The first-order chi connectivity index (χ1) is 6.98. The minimum atomic E-state index is -1.79. The third-order valence-corrected chi connectivity index (χ3v) is 2.23. The van der Waals surface area contributed by atoms with Gasteiger partial charge in [-0.15, -0.1) is 0 Å². The van der Waals surface area contributed by atoms with Crippen molar-refractivity contribution >= 4 is 40.4 Å². The van der Waals surface area contributed by atoms with Crippen LogP contribution in [0.1, 0.15) is 5.82 Å². The van der Waals surface area contributed by atoms with E-state index < -0.39 is 9.48 Å². The molecule has 4 nitrogen and oxygen atoms in total. The highest BCUT2D eigenvalue weighted by Crippen LogP contribution is 2.35. The molecule has 0 bridgehead atoms. The zero-order valence-corrected chi connectivity index (χ0v) is 9.46. The van der Waals surface area contributed by atoms with Gasteiger partial charge in [-0.3, -0.25) is 4.40 Å². The molecule has 0 aliphatic rings. The molecule has 0 atom stereocenters. The second-order valence-corrected chi connectivity index (χ2v) is 5.04. The Morgan fingerprint density at radius 1 is 1.20 bits per heavy atom. The summed E-state index contributed by atoms with van der Waals surface area (Å²) < 4.78 is -0.524. The molecule has 0 unspecified atom stereocenters. The molecule has 2 aromatic heterocycles. The number of rotatable bonds is 0. The van der Waals surface area contributed by atoms with E-state index in [9.17, 15) is 4.79 Å². The molecule has 0 N–H and O–H groups in total. The van der Waals surface area contributed by atoms with Gasteiger partial charge in [-0.1, -0.05) is 40.9 Å². The Morgan fingerprint density at radius 2 is 1.93 bits per heavy atom. The van der Waals surface area contributed by atoms with E-state index in [2.05, 4.69) is 9.97 Å². The number of hydrogen-bond acceptors (Lipinski definition) is 3. The standard InChI is InChI=1S/C8H4Cl3N3O/c9-8(10,11)6-12-5-3-1-2-4-14(5)7(15)13-6/h1-4H. The highest BCUT2D eigenvalue weighted by atomic mass is 35.6. The van der Waals surface area contributed by atoms with Crippen LogP contribution >= 0.6 is 34.8 Å². The van der Waals surface area contributed by atoms with Gasteiger partial charge in [-0.2, -0.15) is 4.98 Å². The van der Waals surface area contributed by atoms with Crippen molar-refractivity contribution in [3.05, 3.63) is 40.7 Å². The topological polar surface area (TPSA) is 47.3 Å². The summed E-state index contributed by atoms with van der Waals surface area (Å²) in [5.41, 5.74) is -0.138. The molecule has 0 aliphatic carbocycles. The average molecular weight is 264 g/mol. The van der Waals surface area contributed by atoms with Gasteiger partial charge in [-0.25, -0.2) is 9.78 Å². The Hall–Kier alpha value is -0.840. The number of alkyl halides is 3. The molecule has 15 heavy (non-hydrogen) atoms. The van der Waals surface area contributed by atoms with Gasteiger partial charge in [0.1, 0.15) is 5.65 Å². The molecule has 0 fully saturated rings. The minimum Gasteiger partial charge on any atom is -0.251 e. The number of nitrogens with zero attached hydrogens (tertiary/aromatic N) is 3. The molecule has 7 heteroatoms. The summed E-state index contributed by atoms with van der Waals surface area (Å²) in [5, 5.41) is 0. The maximum atomic E-state index is 11.5. The molecule has 0 radical (unpaired) electrons. The van der Waals surface area contributed by atoms with Gasteiger partial charge in [0.2, 0.25) is 3.79 Å². The van der Waals surface area contributed by atoms with E-state index in [1.165, 1.54) is 4.40 Å². The van der Waals surface area contributed by atoms with Crippen LogP contribution in [0.25, 0.3) is 5.65 Å². The lowest BCUT2D eigenvalue weighted by molar-refractivity contribution is 0.865. The third-order valence-electron chi connectivity index (χ3n) is 1.72. The van der Waals surface area contributed by atoms with Gasteiger partial charge in [0.25, 0.3) is 0 Å². The van der Waals surface area contributed by atoms with Crippen LogP contribution in [0.15, 0.2) is 29.2 Å². The number of fused-ring (bicyclic) bond motifs is 1. The molecular formula is C8H4Cl3N3O. The zero-order chi connectivity index (χ0) is 11.1. The molecule has 0 saturated carbocycles. The molecule has 0 aliphatic heterocycles. The van der Waals surface area contributed by atoms with E-state index in [0.29, 0.717) is 5.65 Å². The summed E-state index contributed by atoms with van der Waals surface area (Å²) in [6.45, 7) is 0. The van der Waals surface area contributed by atoms with Crippen molar-refractivity contribution in [2.45, 2.75) is 3.79 Å². The van der Waals surface area contributed by atoms with E-state index in [1.54, 1.807) is 24.4 Å². The van der Waals surface area contributed by atoms with Gasteiger partial charge in [0, 0.05) is 6.20 Å². The lowest BCUT2D eigenvalue weighted by Crippen LogP contribution is -2.23. The van der Waals surface area contributed by atoms with Crippen LogP contribution in [0.3, 0.4) is 0 Å². The maximum absolute atomic E-state index is 11.5. The van der Waals surface area contributed by atoms with Gasteiger partial charge in [-0.05, 0) is 12.1 Å². The van der Waals surface area contributed by atoms with Crippen LogP contribution in [-0.2, 0) is 3.79 Å². The van der Waals surface area contributed by atoms with Crippen molar-refractivity contribution in [3.63, 3.8) is 0 Å².